The van der Waals surface area contributed by atoms with Crippen LogP contribution in [0.2, 0.25) is 5.02 Å². The number of nitrogens with zero attached hydrogens (tertiary/aromatic N) is 2. The first-order valence-electron chi connectivity index (χ1n) is 21.3. The molecule has 0 saturated heterocycles. The molecule has 0 N–H and O–H groups in total. The van der Waals surface area contributed by atoms with Gasteiger partial charge in [-0.25, -0.2) is 4.79 Å². The Morgan fingerprint density at radius 1 is 0.486 bits per heavy atom. The van der Waals surface area contributed by atoms with E-state index < -0.39 is 130 Å². The number of esters is 11. The summed E-state index contributed by atoms with van der Waals surface area (Å²) in [6.45, 7) is 2.86. The van der Waals surface area contributed by atoms with Crippen LogP contribution in [0.15, 0.2) is 42.5 Å². The molecule has 2 aliphatic rings. The average Bonchev–Trinajstić information content (AvgIpc) is 3.55. The van der Waals surface area contributed by atoms with Crippen LogP contribution in [0.25, 0.3) is 0 Å². The molecule has 0 radical (unpaired) electrons. The Balaban J connectivity index is 1.88. The predicted molar refractivity (Wildman–Crippen MR) is 240 cm³/mol. The van der Waals surface area contributed by atoms with Crippen LogP contribution < -0.4 is 19.3 Å². The van der Waals surface area contributed by atoms with Crippen molar-refractivity contribution < 1.29 is 105 Å². The third-order valence-electron chi connectivity index (χ3n) is 10.5. The van der Waals surface area contributed by atoms with Gasteiger partial charge in [0.2, 0.25) is 27.2 Å². The molecule has 5 rings (SSSR count). The number of hydrogen-bond donors (Lipinski definition) is 0. The lowest BCUT2D eigenvalue weighted by Gasteiger charge is -2.45. The van der Waals surface area contributed by atoms with Crippen molar-refractivity contribution in [2.24, 2.45) is 0 Å². The molecule has 0 amide bonds. The molecule has 1 atom stereocenters. The molecule has 3 aromatic rings. The number of anilines is 2. The zero-order valence-corrected chi connectivity index (χ0v) is 40.7. The molecular weight excluding hydrogens is 980 g/mol. The van der Waals surface area contributed by atoms with E-state index in [0.29, 0.717) is 11.1 Å². The Kier molecular flexibility index (Phi) is 17.5. The third-order valence-corrected chi connectivity index (χ3v) is 10.8. The minimum Gasteiger partial charge on any atom is -0.441 e. The average molecular weight is 1030 g/mol. The molecule has 1 aliphatic heterocycles. The summed E-state index contributed by atoms with van der Waals surface area (Å²) in [6.07, 6.45) is 0. The summed E-state index contributed by atoms with van der Waals surface area (Å²) >= 11 is 6.82. The Morgan fingerprint density at radius 3 is 1.32 bits per heavy atom. The minimum atomic E-state index is -2.05. The first-order valence-corrected chi connectivity index (χ1v) is 21.7. The predicted octanol–water partition coefficient (Wildman–Crippen LogP) is 3.16. The van der Waals surface area contributed by atoms with Gasteiger partial charge in [-0.1, -0.05) is 31.5 Å². The zero-order valence-electron chi connectivity index (χ0n) is 40.0. The second-order valence-corrected chi connectivity index (χ2v) is 16.5. The van der Waals surface area contributed by atoms with Gasteiger partial charge in [0, 0.05) is 63.6 Å². The van der Waals surface area contributed by atoms with Gasteiger partial charge < -0.3 is 61.9 Å². The van der Waals surface area contributed by atoms with Crippen molar-refractivity contribution in [3.8, 4) is 11.5 Å². The maximum absolute atomic E-state index is 14.7. The molecule has 1 spiro atoms. The van der Waals surface area contributed by atoms with Crippen molar-refractivity contribution in [3.63, 3.8) is 0 Å². The number of carbonyl (C=O) groups excluding carboxylic acids is 11. The van der Waals surface area contributed by atoms with Gasteiger partial charge >= 0.3 is 65.7 Å². The second kappa shape index (κ2) is 23.1. The van der Waals surface area contributed by atoms with Crippen LogP contribution in [-0.2, 0) is 102 Å². The van der Waals surface area contributed by atoms with E-state index in [1.54, 1.807) is 13.8 Å². The van der Waals surface area contributed by atoms with E-state index in [0.717, 1.165) is 50.5 Å². The summed E-state index contributed by atoms with van der Waals surface area (Å²) in [6, 6.07) is 9.84. The molecule has 3 aromatic carbocycles. The number of benzene rings is 3. The van der Waals surface area contributed by atoms with Crippen molar-refractivity contribution in [2.75, 3.05) is 63.2 Å². The van der Waals surface area contributed by atoms with E-state index in [9.17, 15) is 52.7 Å². The Morgan fingerprint density at radius 2 is 0.903 bits per heavy atom. The molecule has 0 fully saturated rings. The van der Waals surface area contributed by atoms with Crippen LogP contribution in [0.3, 0.4) is 0 Å². The van der Waals surface area contributed by atoms with E-state index in [1.807, 2.05) is 0 Å². The van der Waals surface area contributed by atoms with E-state index in [2.05, 4.69) is 0 Å². The van der Waals surface area contributed by atoms with Gasteiger partial charge in [0.1, 0.15) is 37.7 Å². The highest BCUT2D eigenvalue weighted by molar-refractivity contribution is 6.32. The zero-order chi connectivity index (χ0) is 53.2. The van der Waals surface area contributed by atoms with Gasteiger partial charge in [-0.15, -0.1) is 0 Å². The summed E-state index contributed by atoms with van der Waals surface area (Å²) in [5.74, 6) is -10.3. The maximum Gasteiger partial charge on any atom is 0.340 e. The van der Waals surface area contributed by atoms with Crippen molar-refractivity contribution in [2.45, 2.75) is 66.4 Å². The van der Waals surface area contributed by atoms with Gasteiger partial charge in [-0.3, -0.25) is 47.9 Å². The van der Waals surface area contributed by atoms with Crippen LogP contribution in [0.1, 0.15) is 93.6 Å². The summed E-state index contributed by atoms with van der Waals surface area (Å²) in [4.78, 5) is 142. The van der Waals surface area contributed by atoms with E-state index in [-0.39, 0.29) is 50.2 Å². The van der Waals surface area contributed by atoms with Gasteiger partial charge in [0.25, 0.3) is 0 Å². The Bertz CT molecular complexity index is 2670. The lowest BCUT2D eigenvalue weighted by molar-refractivity contribution is -0.167. The summed E-state index contributed by atoms with van der Waals surface area (Å²) in [7, 11) is 0. The van der Waals surface area contributed by atoms with Crippen LogP contribution in [0.4, 0.5) is 11.4 Å². The third kappa shape index (κ3) is 13.1. The first-order chi connectivity index (χ1) is 33.8. The standard InChI is InChI=1S/C47H47ClN2O22/c1-24(51)62-20-66-41(57)16-49(17-42(58)67-21-63-25(2)52)38-12-31-33(14-39(38)50(18-43(59)68-22-64-26(3)53)19-44(60)69-23-65-27(4)54)47(72-45(31)61)32-10-9-30(70-28(5)55)11-34(32)46(7,8)35-15-40(71-29(6)56)37(48)13-36(35)47/h9-15H,16-23H2,1-8H3. The van der Waals surface area contributed by atoms with Crippen LogP contribution in [0, 0.1) is 0 Å². The second-order valence-electron chi connectivity index (χ2n) is 16.1. The number of ether oxygens (including phenoxy) is 11. The fourth-order valence-corrected chi connectivity index (χ4v) is 7.83. The van der Waals surface area contributed by atoms with Gasteiger partial charge in [0.05, 0.1) is 22.0 Å². The topological polar surface area (TPSA) is 296 Å². The molecule has 0 saturated carbocycles. The fraction of sp³-hybridized carbons (Fsp3) is 0.383. The van der Waals surface area contributed by atoms with Crippen molar-refractivity contribution in [1.82, 2.24) is 0 Å². The Labute approximate surface area is 414 Å². The number of carbonyl (C=O) groups is 11. The van der Waals surface area contributed by atoms with Gasteiger partial charge in [-0.05, 0) is 47.5 Å². The summed E-state index contributed by atoms with van der Waals surface area (Å²) in [5.41, 5.74) is -2.75. The molecule has 384 valence electrons. The Hall–Kier alpha value is -8.28. The lowest BCUT2D eigenvalue weighted by Crippen LogP contribution is -2.42. The molecule has 1 aliphatic carbocycles. The number of hydrogen-bond acceptors (Lipinski definition) is 24. The highest BCUT2D eigenvalue weighted by atomic mass is 35.5. The summed E-state index contributed by atoms with van der Waals surface area (Å²) < 4.78 is 56.8. The number of rotatable bonds is 20. The fourth-order valence-electron chi connectivity index (χ4n) is 7.63. The van der Waals surface area contributed by atoms with Crippen molar-refractivity contribution >= 4 is 88.6 Å². The molecule has 72 heavy (non-hydrogen) atoms. The SMILES string of the molecule is CC(=O)OCOC(=O)CN(CC(=O)OCOC(C)=O)c1cc2c(cc1N(CC(=O)OCOC(C)=O)CC(=O)OCOC(C)=O)C1(OC2=O)c2ccc(OC(C)=O)cc2C(C)(C)c2cc(OC(C)=O)c(Cl)cc21. The monoisotopic (exact) mass is 1030 g/mol. The quantitative estimate of drug-likeness (QED) is 0.0679. The van der Waals surface area contributed by atoms with Crippen molar-refractivity contribution in [1.29, 1.82) is 0 Å². The first kappa shape index (κ1) is 54.7. The van der Waals surface area contributed by atoms with Crippen LogP contribution in [-0.4, -0.2) is 119 Å². The molecule has 1 unspecified atom stereocenters. The maximum atomic E-state index is 14.7. The molecule has 0 aromatic heterocycles. The van der Waals surface area contributed by atoms with Crippen LogP contribution in [0.5, 0.6) is 11.5 Å². The molecular formula is C47H47ClN2O22. The number of halogens is 1. The lowest BCUT2D eigenvalue weighted by atomic mass is 9.61. The normalized spacial score (nSPS) is 14.4. The van der Waals surface area contributed by atoms with Gasteiger partial charge in [0.15, 0.2) is 5.60 Å². The highest BCUT2D eigenvalue weighted by Gasteiger charge is 2.57. The number of fused-ring (bicyclic) bond motifs is 6. The minimum absolute atomic E-state index is 0.0258. The van der Waals surface area contributed by atoms with E-state index in [1.165, 1.54) is 43.3 Å². The molecule has 0 bridgehead atoms. The largest absolute Gasteiger partial charge is 0.441 e. The smallest absolute Gasteiger partial charge is 0.340 e. The molecule has 25 heteroatoms. The van der Waals surface area contributed by atoms with E-state index in [4.69, 9.17) is 63.7 Å². The highest BCUT2D eigenvalue weighted by Crippen LogP contribution is 2.59. The summed E-state index contributed by atoms with van der Waals surface area (Å²) in [5, 5.41) is -0.112. The van der Waals surface area contributed by atoms with Gasteiger partial charge in [-0.2, -0.15) is 0 Å². The van der Waals surface area contributed by atoms with Crippen molar-refractivity contribution in [3.05, 3.63) is 80.9 Å². The molecule has 1 heterocycles. The van der Waals surface area contributed by atoms with E-state index >= 15 is 0 Å². The molecule has 24 nitrogen and oxygen atoms in total. The van der Waals surface area contributed by atoms with Crippen LogP contribution >= 0.6 is 11.6 Å².